The number of aromatic nitrogens is 2. The van der Waals surface area contributed by atoms with Crippen molar-refractivity contribution in [3.05, 3.63) is 11.8 Å². The molecule has 2 heterocycles. The number of ether oxygens (including phenoxy) is 1. The maximum atomic E-state index is 10.8. The van der Waals surface area contributed by atoms with Crippen LogP contribution in [0.1, 0.15) is 16.8 Å². The summed E-state index contributed by atoms with van der Waals surface area (Å²) in [7, 11) is 0. The lowest BCUT2D eigenvalue weighted by molar-refractivity contribution is 0.112. The highest BCUT2D eigenvalue weighted by Crippen LogP contribution is 2.18. The summed E-state index contributed by atoms with van der Waals surface area (Å²) < 4.78 is 5.26. The second kappa shape index (κ2) is 5.27. The molecular formula is C10H13N3O2S. The van der Waals surface area contributed by atoms with Gasteiger partial charge in [0.2, 0.25) is 0 Å². The summed E-state index contributed by atoms with van der Waals surface area (Å²) in [5.41, 5.74) is 0.490. The monoisotopic (exact) mass is 239 g/mol. The highest BCUT2D eigenvalue weighted by Gasteiger charge is 2.17. The fraction of sp³-hybridized carbons (Fsp3) is 0.500. The lowest BCUT2D eigenvalue weighted by atomic mass is 10.2. The number of hydrogen-bond donors (Lipinski definition) is 1. The van der Waals surface area contributed by atoms with Crippen molar-refractivity contribution in [3.63, 3.8) is 0 Å². The second-order valence-electron chi connectivity index (χ2n) is 3.48. The Balaban J connectivity index is 2.18. The fourth-order valence-electron chi connectivity index (χ4n) is 1.52. The van der Waals surface area contributed by atoms with E-state index in [-0.39, 0.29) is 6.04 Å². The average molecular weight is 239 g/mol. The Morgan fingerprint density at radius 3 is 3.19 bits per heavy atom. The van der Waals surface area contributed by atoms with Gasteiger partial charge in [-0.1, -0.05) is 11.8 Å². The summed E-state index contributed by atoms with van der Waals surface area (Å²) in [6, 6.07) is 0.239. The van der Waals surface area contributed by atoms with E-state index in [9.17, 15) is 4.79 Å². The quantitative estimate of drug-likeness (QED) is 0.484. The molecule has 1 aliphatic heterocycles. The molecule has 1 aromatic rings. The molecule has 1 aromatic heterocycles. The van der Waals surface area contributed by atoms with E-state index in [0.717, 1.165) is 19.3 Å². The average Bonchev–Trinajstić information content (AvgIpc) is 2.82. The van der Waals surface area contributed by atoms with Crippen molar-refractivity contribution in [1.82, 2.24) is 9.97 Å². The zero-order valence-electron chi connectivity index (χ0n) is 8.97. The second-order valence-corrected chi connectivity index (χ2v) is 4.26. The molecule has 1 saturated heterocycles. The Kier molecular flexibility index (Phi) is 3.74. The van der Waals surface area contributed by atoms with Crippen LogP contribution in [0.2, 0.25) is 0 Å². The molecule has 1 unspecified atom stereocenters. The standard InChI is InChI=1S/C10H13N3O2S/c1-16-10-11-4-7(5-14)9(13-10)12-8-2-3-15-6-8/h4-5,8H,2-3,6H2,1H3,(H,11,12,13). The molecule has 0 bridgehead atoms. The minimum atomic E-state index is 0.239. The van der Waals surface area contributed by atoms with E-state index in [1.165, 1.54) is 11.8 Å². The highest BCUT2D eigenvalue weighted by atomic mass is 32.2. The number of nitrogens with zero attached hydrogens (tertiary/aromatic N) is 2. The van der Waals surface area contributed by atoms with E-state index in [1.807, 2.05) is 6.26 Å². The molecular weight excluding hydrogens is 226 g/mol. The van der Waals surface area contributed by atoms with Gasteiger partial charge in [0.1, 0.15) is 5.82 Å². The van der Waals surface area contributed by atoms with Crippen LogP contribution in [0, 0.1) is 0 Å². The van der Waals surface area contributed by atoms with Gasteiger partial charge < -0.3 is 10.1 Å². The zero-order chi connectivity index (χ0) is 11.4. The topological polar surface area (TPSA) is 64.1 Å². The van der Waals surface area contributed by atoms with Crippen LogP contribution in [0.15, 0.2) is 11.4 Å². The predicted octanol–water partition coefficient (Wildman–Crippen LogP) is 1.21. The Labute approximate surface area is 98.0 Å². The maximum Gasteiger partial charge on any atom is 0.189 e. The summed E-state index contributed by atoms with van der Waals surface area (Å²) in [6.45, 7) is 1.42. The lowest BCUT2D eigenvalue weighted by Gasteiger charge is -2.13. The van der Waals surface area contributed by atoms with Crippen molar-refractivity contribution < 1.29 is 9.53 Å². The summed E-state index contributed by atoms with van der Waals surface area (Å²) in [6.07, 6.45) is 5.15. The number of thioether (sulfide) groups is 1. The van der Waals surface area contributed by atoms with Crippen molar-refractivity contribution in [2.45, 2.75) is 17.6 Å². The van der Waals surface area contributed by atoms with Crippen LogP contribution < -0.4 is 5.32 Å². The molecule has 16 heavy (non-hydrogen) atoms. The number of nitrogens with one attached hydrogen (secondary N) is 1. The fourth-order valence-corrected chi connectivity index (χ4v) is 1.86. The largest absolute Gasteiger partial charge is 0.379 e. The minimum Gasteiger partial charge on any atom is -0.379 e. The first-order valence-electron chi connectivity index (χ1n) is 5.04. The van der Waals surface area contributed by atoms with Crippen LogP contribution in [0.3, 0.4) is 0 Å². The molecule has 0 amide bonds. The number of hydrogen-bond acceptors (Lipinski definition) is 6. The molecule has 0 aliphatic carbocycles. The van der Waals surface area contributed by atoms with Gasteiger partial charge in [0, 0.05) is 12.8 Å². The molecule has 0 saturated carbocycles. The van der Waals surface area contributed by atoms with E-state index < -0.39 is 0 Å². The van der Waals surface area contributed by atoms with E-state index in [0.29, 0.717) is 23.1 Å². The van der Waals surface area contributed by atoms with Crippen LogP contribution in [-0.4, -0.2) is 41.8 Å². The lowest BCUT2D eigenvalue weighted by Crippen LogP contribution is -2.21. The Hall–Kier alpha value is -1.14. The highest BCUT2D eigenvalue weighted by molar-refractivity contribution is 7.98. The SMILES string of the molecule is CSc1ncc(C=O)c(NC2CCOC2)n1. The summed E-state index contributed by atoms with van der Waals surface area (Å²) in [5, 5.41) is 3.87. The van der Waals surface area contributed by atoms with Crippen LogP contribution in [0.25, 0.3) is 0 Å². The van der Waals surface area contributed by atoms with Crippen molar-refractivity contribution in [2.75, 3.05) is 24.8 Å². The molecule has 0 spiro atoms. The molecule has 6 heteroatoms. The van der Waals surface area contributed by atoms with Gasteiger partial charge in [0.05, 0.1) is 18.2 Å². The Morgan fingerprint density at radius 2 is 2.56 bits per heavy atom. The van der Waals surface area contributed by atoms with Crippen LogP contribution >= 0.6 is 11.8 Å². The van der Waals surface area contributed by atoms with E-state index in [2.05, 4.69) is 15.3 Å². The van der Waals surface area contributed by atoms with Crippen LogP contribution in [-0.2, 0) is 4.74 Å². The van der Waals surface area contributed by atoms with E-state index >= 15 is 0 Å². The number of carbonyl (C=O) groups is 1. The summed E-state index contributed by atoms with van der Waals surface area (Å²) in [4.78, 5) is 19.2. The molecule has 0 radical (unpaired) electrons. The van der Waals surface area contributed by atoms with Crippen LogP contribution in [0.4, 0.5) is 5.82 Å². The molecule has 0 aromatic carbocycles. The van der Waals surface area contributed by atoms with E-state index in [4.69, 9.17) is 4.74 Å². The smallest absolute Gasteiger partial charge is 0.189 e. The van der Waals surface area contributed by atoms with Gasteiger partial charge >= 0.3 is 0 Å². The molecule has 1 N–H and O–H groups in total. The van der Waals surface area contributed by atoms with Gasteiger partial charge in [-0.05, 0) is 12.7 Å². The number of aldehydes is 1. The molecule has 86 valence electrons. The third-order valence-electron chi connectivity index (χ3n) is 2.38. The number of rotatable bonds is 4. The van der Waals surface area contributed by atoms with Gasteiger partial charge in [-0.3, -0.25) is 4.79 Å². The Morgan fingerprint density at radius 1 is 1.69 bits per heavy atom. The van der Waals surface area contributed by atoms with E-state index in [1.54, 1.807) is 6.20 Å². The third-order valence-corrected chi connectivity index (χ3v) is 2.94. The first kappa shape index (κ1) is 11.3. The van der Waals surface area contributed by atoms with Crippen molar-refractivity contribution in [3.8, 4) is 0 Å². The zero-order valence-corrected chi connectivity index (χ0v) is 9.79. The molecule has 2 rings (SSSR count). The first-order valence-corrected chi connectivity index (χ1v) is 6.26. The van der Waals surface area contributed by atoms with Gasteiger partial charge in [-0.25, -0.2) is 9.97 Å². The van der Waals surface area contributed by atoms with Crippen LogP contribution in [0.5, 0.6) is 0 Å². The van der Waals surface area contributed by atoms with Gasteiger partial charge in [-0.15, -0.1) is 0 Å². The Bertz CT molecular complexity index is 380. The van der Waals surface area contributed by atoms with Gasteiger partial charge in [-0.2, -0.15) is 0 Å². The van der Waals surface area contributed by atoms with Crippen molar-refractivity contribution in [2.24, 2.45) is 0 Å². The van der Waals surface area contributed by atoms with Gasteiger partial charge in [0.15, 0.2) is 11.4 Å². The predicted molar refractivity (Wildman–Crippen MR) is 62.0 cm³/mol. The van der Waals surface area contributed by atoms with Crippen molar-refractivity contribution in [1.29, 1.82) is 0 Å². The molecule has 5 nitrogen and oxygen atoms in total. The summed E-state index contributed by atoms with van der Waals surface area (Å²) >= 11 is 1.45. The minimum absolute atomic E-state index is 0.239. The normalized spacial score (nSPS) is 19.7. The number of carbonyl (C=O) groups excluding carboxylic acids is 1. The molecule has 1 atom stereocenters. The summed E-state index contributed by atoms with van der Waals surface area (Å²) in [5.74, 6) is 0.602. The maximum absolute atomic E-state index is 10.8. The number of anilines is 1. The van der Waals surface area contributed by atoms with Gasteiger partial charge in [0.25, 0.3) is 0 Å². The third kappa shape index (κ3) is 2.51. The molecule has 1 aliphatic rings. The first-order chi connectivity index (χ1) is 7.83. The van der Waals surface area contributed by atoms with Crippen molar-refractivity contribution >= 4 is 23.9 Å². The molecule has 1 fully saturated rings.